The van der Waals surface area contributed by atoms with Crippen molar-refractivity contribution in [2.75, 3.05) is 19.6 Å². The van der Waals surface area contributed by atoms with E-state index >= 15 is 0 Å². The first-order valence-corrected chi connectivity index (χ1v) is 8.15. The molecule has 2 rings (SSSR count). The first-order valence-electron chi connectivity index (χ1n) is 7.77. The Morgan fingerprint density at radius 3 is 2.54 bits per heavy atom. The molecule has 2 aromatic rings. The van der Waals surface area contributed by atoms with Crippen LogP contribution in [0.15, 0.2) is 52.1 Å². The van der Waals surface area contributed by atoms with Gasteiger partial charge in [0.15, 0.2) is 11.7 Å². The molecule has 1 heterocycles. The SMILES string of the molecule is CCNC(=NCc1ccc(Cl)cc1)NCCNC(=O)c1ccco1. The molecular formula is C17H21ClN4O2. The van der Waals surface area contributed by atoms with Gasteiger partial charge in [-0.05, 0) is 36.8 Å². The molecule has 0 atom stereocenters. The average Bonchev–Trinajstić information content (AvgIpc) is 3.12. The van der Waals surface area contributed by atoms with Crippen LogP contribution in [0.4, 0.5) is 0 Å². The van der Waals surface area contributed by atoms with Crippen molar-refractivity contribution in [3.05, 3.63) is 59.0 Å². The first kappa shape index (κ1) is 17.9. The highest BCUT2D eigenvalue weighted by atomic mass is 35.5. The zero-order valence-corrected chi connectivity index (χ0v) is 14.3. The van der Waals surface area contributed by atoms with Crippen LogP contribution in [-0.4, -0.2) is 31.5 Å². The molecule has 7 heteroatoms. The lowest BCUT2D eigenvalue weighted by Crippen LogP contribution is -2.41. The first-order chi connectivity index (χ1) is 11.7. The van der Waals surface area contributed by atoms with E-state index in [-0.39, 0.29) is 5.91 Å². The van der Waals surface area contributed by atoms with E-state index in [9.17, 15) is 4.79 Å². The third-order valence-electron chi connectivity index (χ3n) is 3.13. The maximum atomic E-state index is 11.7. The number of rotatable bonds is 7. The Bertz CT molecular complexity index is 654. The number of benzene rings is 1. The number of nitrogens with one attached hydrogen (secondary N) is 3. The summed E-state index contributed by atoms with van der Waals surface area (Å²) in [5, 5.41) is 9.81. The Hall–Kier alpha value is -2.47. The number of amides is 1. The van der Waals surface area contributed by atoms with Crippen molar-refractivity contribution >= 4 is 23.5 Å². The second kappa shape index (κ2) is 9.62. The molecule has 1 aromatic heterocycles. The average molecular weight is 349 g/mol. The Morgan fingerprint density at radius 2 is 1.88 bits per heavy atom. The number of carbonyl (C=O) groups excluding carboxylic acids is 1. The minimum absolute atomic E-state index is 0.232. The molecule has 3 N–H and O–H groups in total. The van der Waals surface area contributed by atoms with E-state index in [1.807, 2.05) is 31.2 Å². The predicted molar refractivity (Wildman–Crippen MR) is 95.3 cm³/mol. The lowest BCUT2D eigenvalue weighted by atomic mass is 10.2. The molecule has 0 saturated carbocycles. The summed E-state index contributed by atoms with van der Waals surface area (Å²) in [4.78, 5) is 16.2. The number of hydrogen-bond acceptors (Lipinski definition) is 3. The number of halogens is 1. The second-order valence-electron chi connectivity index (χ2n) is 4.98. The smallest absolute Gasteiger partial charge is 0.287 e. The number of guanidine groups is 1. The van der Waals surface area contributed by atoms with Gasteiger partial charge in [0.25, 0.3) is 5.91 Å². The molecule has 0 unspecified atom stereocenters. The van der Waals surface area contributed by atoms with Gasteiger partial charge in [-0.15, -0.1) is 0 Å². The summed E-state index contributed by atoms with van der Waals surface area (Å²) < 4.78 is 5.03. The van der Waals surface area contributed by atoms with E-state index in [1.165, 1.54) is 6.26 Å². The summed E-state index contributed by atoms with van der Waals surface area (Å²) in [6.07, 6.45) is 1.47. The second-order valence-corrected chi connectivity index (χ2v) is 5.42. The van der Waals surface area contributed by atoms with Gasteiger partial charge in [-0.1, -0.05) is 23.7 Å². The van der Waals surface area contributed by atoms with Crippen molar-refractivity contribution in [2.45, 2.75) is 13.5 Å². The fourth-order valence-electron chi connectivity index (χ4n) is 1.95. The molecule has 6 nitrogen and oxygen atoms in total. The Labute approximate surface area is 146 Å². The normalized spacial score (nSPS) is 11.2. The van der Waals surface area contributed by atoms with Gasteiger partial charge in [0, 0.05) is 24.7 Å². The maximum Gasteiger partial charge on any atom is 0.287 e. The van der Waals surface area contributed by atoms with Crippen LogP contribution in [0.2, 0.25) is 5.02 Å². The van der Waals surface area contributed by atoms with Gasteiger partial charge in [0.1, 0.15) is 0 Å². The van der Waals surface area contributed by atoms with Crippen LogP contribution in [-0.2, 0) is 6.54 Å². The van der Waals surface area contributed by atoms with Crippen molar-refractivity contribution in [1.29, 1.82) is 0 Å². The minimum atomic E-state index is -0.232. The third kappa shape index (κ3) is 5.96. The van der Waals surface area contributed by atoms with Gasteiger partial charge in [0.2, 0.25) is 0 Å². The number of aliphatic imine (C=N–C) groups is 1. The van der Waals surface area contributed by atoms with Crippen molar-refractivity contribution in [1.82, 2.24) is 16.0 Å². The lowest BCUT2D eigenvalue weighted by Gasteiger charge is -2.11. The predicted octanol–water partition coefficient (Wildman–Crippen LogP) is 2.42. The highest BCUT2D eigenvalue weighted by Crippen LogP contribution is 2.10. The fraction of sp³-hybridized carbons (Fsp3) is 0.294. The molecule has 0 aliphatic rings. The minimum Gasteiger partial charge on any atom is -0.459 e. The summed E-state index contributed by atoms with van der Waals surface area (Å²) in [7, 11) is 0. The summed E-state index contributed by atoms with van der Waals surface area (Å²) in [6.45, 7) is 4.32. The zero-order chi connectivity index (χ0) is 17.2. The van der Waals surface area contributed by atoms with Gasteiger partial charge in [0.05, 0.1) is 12.8 Å². The molecule has 128 valence electrons. The van der Waals surface area contributed by atoms with Crippen molar-refractivity contribution in [3.63, 3.8) is 0 Å². The number of nitrogens with zero attached hydrogens (tertiary/aromatic N) is 1. The van der Waals surface area contributed by atoms with Gasteiger partial charge in [-0.25, -0.2) is 4.99 Å². The van der Waals surface area contributed by atoms with E-state index in [2.05, 4.69) is 20.9 Å². The summed E-state index contributed by atoms with van der Waals surface area (Å²) in [5.41, 5.74) is 1.07. The van der Waals surface area contributed by atoms with Crippen molar-refractivity contribution < 1.29 is 9.21 Å². The number of furan rings is 1. The van der Waals surface area contributed by atoms with Crippen LogP contribution in [0.1, 0.15) is 23.0 Å². The van der Waals surface area contributed by atoms with Gasteiger partial charge in [-0.2, -0.15) is 0 Å². The molecule has 0 fully saturated rings. The van der Waals surface area contributed by atoms with Crippen molar-refractivity contribution in [2.24, 2.45) is 4.99 Å². The van der Waals surface area contributed by atoms with Crippen LogP contribution in [0.3, 0.4) is 0 Å². The Balaban J connectivity index is 1.76. The lowest BCUT2D eigenvalue weighted by molar-refractivity contribution is 0.0926. The van der Waals surface area contributed by atoms with E-state index < -0.39 is 0 Å². The van der Waals surface area contributed by atoms with E-state index in [4.69, 9.17) is 16.0 Å². The van der Waals surface area contributed by atoms with Crippen molar-refractivity contribution in [3.8, 4) is 0 Å². The van der Waals surface area contributed by atoms with Crippen LogP contribution in [0.5, 0.6) is 0 Å². The quantitative estimate of drug-likeness (QED) is 0.408. The van der Waals surface area contributed by atoms with Gasteiger partial charge < -0.3 is 20.4 Å². The fourth-order valence-corrected chi connectivity index (χ4v) is 2.08. The van der Waals surface area contributed by atoms with Crippen LogP contribution in [0, 0.1) is 0 Å². The summed E-state index contributed by atoms with van der Waals surface area (Å²) in [6, 6.07) is 10.9. The molecule has 1 amide bonds. The van der Waals surface area contributed by atoms with Gasteiger partial charge in [-0.3, -0.25) is 4.79 Å². The summed E-state index contributed by atoms with van der Waals surface area (Å²) >= 11 is 5.87. The largest absolute Gasteiger partial charge is 0.459 e. The zero-order valence-electron chi connectivity index (χ0n) is 13.5. The highest BCUT2D eigenvalue weighted by Gasteiger charge is 2.06. The van der Waals surface area contributed by atoms with Crippen LogP contribution >= 0.6 is 11.6 Å². The molecule has 0 saturated heterocycles. The highest BCUT2D eigenvalue weighted by molar-refractivity contribution is 6.30. The maximum absolute atomic E-state index is 11.7. The molecular weight excluding hydrogens is 328 g/mol. The van der Waals surface area contributed by atoms with E-state index in [0.29, 0.717) is 36.4 Å². The molecule has 24 heavy (non-hydrogen) atoms. The number of hydrogen-bond donors (Lipinski definition) is 3. The third-order valence-corrected chi connectivity index (χ3v) is 3.38. The Kier molecular flexibility index (Phi) is 7.17. The molecule has 0 spiro atoms. The molecule has 0 bridgehead atoms. The standard InChI is InChI=1S/C17H21ClN4O2/c1-2-19-17(22-12-13-5-7-14(18)8-6-13)21-10-9-20-16(23)15-4-3-11-24-15/h3-8,11H,2,9-10,12H2,1H3,(H,20,23)(H2,19,21,22). The molecule has 0 aliphatic heterocycles. The van der Waals surface area contributed by atoms with Gasteiger partial charge >= 0.3 is 0 Å². The molecule has 0 radical (unpaired) electrons. The molecule has 1 aromatic carbocycles. The topological polar surface area (TPSA) is 78.7 Å². The number of carbonyl (C=O) groups is 1. The molecule has 0 aliphatic carbocycles. The monoisotopic (exact) mass is 348 g/mol. The van der Waals surface area contributed by atoms with Crippen LogP contribution < -0.4 is 16.0 Å². The van der Waals surface area contributed by atoms with E-state index in [1.54, 1.807) is 12.1 Å². The van der Waals surface area contributed by atoms with Crippen LogP contribution in [0.25, 0.3) is 0 Å². The summed E-state index contributed by atoms with van der Waals surface area (Å²) in [5.74, 6) is 0.767. The van der Waals surface area contributed by atoms with E-state index in [0.717, 1.165) is 12.1 Å². The Morgan fingerprint density at radius 1 is 1.12 bits per heavy atom.